The van der Waals surface area contributed by atoms with Crippen molar-refractivity contribution in [3.05, 3.63) is 67.8 Å². The van der Waals surface area contributed by atoms with Crippen LogP contribution in [0.2, 0.25) is 0 Å². The number of thiocarbonyl (C=S) groups is 1. The van der Waals surface area contributed by atoms with E-state index in [4.69, 9.17) is 12.2 Å². The summed E-state index contributed by atoms with van der Waals surface area (Å²) >= 11 is 6.81. The van der Waals surface area contributed by atoms with Crippen LogP contribution in [0.15, 0.2) is 40.0 Å². The number of nitriles is 1. The average Bonchev–Trinajstić information content (AvgIpc) is 3.16. The van der Waals surface area contributed by atoms with Gasteiger partial charge in [-0.1, -0.05) is 74.1 Å². The average molecular weight is 536 g/mol. The Bertz CT molecular complexity index is 1300. The maximum atomic E-state index is 13.2. The third-order valence-corrected chi connectivity index (χ3v) is 8.40. The minimum atomic E-state index is -0.314. The minimum Gasteiger partial charge on any atom is -0.355 e. The van der Waals surface area contributed by atoms with Crippen LogP contribution in [0.4, 0.5) is 5.82 Å². The molecule has 0 radical (unpaired) electrons. The minimum absolute atomic E-state index is 0.100. The van der Waals surface area contributed by atoms with Crippen LogP contribution in [0.25, 0.3) is 6.08 Å². The number of amides is 1. The maximum Gasteiger partial charge on any atom is 0.270 e. The number of hydrogen-bond acceptors (Lipinski definition) is 7. The number of nitrogens with zero attached hydrogens (tertiary/aromatic N) is 5. The van der Waals surface area contributed by atoms with Crippen molar-refractivity contribution in [1.82, 2.24) is 14.4 Å². The molecule has 2 aliphatic heterocycles. The zero-order valence-corrected chi connectivity index (χ0v) is 23.3. The van der Waals surface area contributed by atoms with Crippen molar-refractivity contribution in [1.29, 1.82) is 5.26 Å². The molecule has 0 atom stereocenters. The van der Waals surface area contributed by atoms with Gasteiger partial charge in [0.15, 0.2) is 0 Å². The van der Waals surface area contributed by atoms with Crippen molar-refractivity contribution in [2.24, 2.45) is 7.05 Å². The molecule has 2 aliphatic rings. The van der Waals surface area contributed by atoms with Gasteiger partial charge in [-0.25, -0.2) is 0 Å². The summed E-state index contributed by atoms with van der Waals surface area (Å²) < 4.78 is 2.12. The standard InChI is InChI=1S/C28H33N5O2S2/c1-4-5-9-12-33-27(35)24(37-28(33)36)17-22-20(2)23(18-29)26(34)30(3)25(22)32-15-13-31(14-16-32)19-21-10-7-6-8-11-21/h6-8,10-11,17H,4-5,9,12-16,19H2,1-3H3. The number of anilines is 1. The normalized spacial score (nSPS) is 17.6. The first kappa shape index (κ1) is 27.1. The van der Waals surface area contributed by atoms with E-state index < -0.39 is 0 Å². The van der Waals surface area contributed by atoms with Crippen molar-refractivity contribution in [3.8, 4) is 6.07 Å². The summed E-state index contributed by atoms with van der Waals surface area (Å²) in [4.78, 5) is 33.1. The van der Waals surface area contributed by atoms with Crippen LogP contribution in [-0.2, 0) is 18.4 Å². The first-order chi connectivity index (χ1) is 17.8. The highest BCUT2D eigenvalue weighted by Gasteiger charge is 2.33. The second-order valence-electron chi connectivity index (χ2n) is 9.50. The molecule has 1 aromatic carbocycles. The van der Waals surface area contributed by atoms with Gasteiger partial charge >= 0.3 is 0 Å². The molecule has 0 aliphatic carbocycles. The Morgan fingerprint density at radius 2 is 1.81 bits per heavy atom. The van der Waals surface area contributed by atoms with Gasteiger partial charge in [0, 0.05) is 51.9 Å². The summed E-state index contributed by atoms with van der Waals surface area (Å²) in [7, 11) is 1.71. The molecule has 0 bridgehead atoms. The number of benzene rings is 1. The molecule has 1 amide bonds. The van der Waals surface area contributed by atoms with Gasteiger partial charge in [-0.3, -0.25) is 24.0 Å². The number of carbonyl (C=O) groups excluding carboxylic acids is 1. The molecule has 37 heavy (non-hydrogen) atoms. The summed E-state index contributed by atoms with van der Waals surface area (Å²) in [6.07, 6.45) is 4.86. The molecule has 9 heteroatoms. The number of piperazine rings is 1. The molecule has 2 fully saturated rings. The highest BCUT2D eigenvalue weighted by molar-refractivity contribution is 8.26. The Kier molecular flexibility index (Phi) is 8.85. The molecular weight excluding hydrogens is 502 g/mol. The second kappa shape index (κ2) is 12.1. The fourth-order valence-corrected chi connectivity index (χ4v) is 6.19. The second-order valence-corrected chi connectivity index (χ2v) is 11.2. The van der Waals surface area contributed by atoms with Crippen LogP contribution in [0, 0.1) is 18.3 Å². The van der Waals surface area contributed by atoms with Crippen molar-refractivity contribution in [2.45, 2.75) is 39.7 Å². The van der Waals surface area contributed by atoms with E-state index in [-0.39, 0.29) is 17.0 Å². The fourth-order valence-electron chi connectivity index (χ4n) is 4.90. The lowest BCUT2D eigenvalue weighted by Crippen LogP contribution is -2.48. The van der Waals surface area contributed by atoms with Crippen molar-refractivity contribution < 1.29 is 4.79 Å². The molecule has 2 aromatic rings. The topological polar surface area (TPSA) is 72.6 Å². The van der Waals surface area contributed by atoms with Gasteiger partial charge in [-0.2, -0.15) is 5.26 Å². The zero-order chi connectivity index (χ0) is 26.5. The molecule has 1 aromatic heterocycles. The van der Waals surface area contributed by atoms with Crippen LogP contribution < -0.4 is 10.5 Å². The van der Waals surface area contributed by atoms with E-state index >= 15 is 0 Å². The Hall–Kier alpha value is -2.93. The largest absolute Gasteiger partial charge is 0.355 e. The lowest BCUT2D eigenvalue weighted by molar-refractivity contribution is -0.122. The van der Waals surface area contributed by atoms with Crippen molar-refractivity contribution in [2.75, 3.05) is 37.6 Å². The van der Waals surface area contributed by atoms with E-state index in [1.807, 2.05) is 12.1 Å². The van der Waals surface area contributed by atoms with E-state index in [0.717, 1.165) is 63.4 Å². The summed E-state index contributed by atoms with van der Waals surface area (Å²) in [5.74, 6) is 0.647. The smallest absolute Gasteiger partial charge is 0.270 e. The fraction of sp³-hybridized carbons (Fsp3) is 0.429. The molecular formula is C28H33N5O2S2. The van der Waals surface area contributed by atoms with Crippen LogP contribution in [0.5, 0.6) is 0 Å². The van der Waals surface area contributed by atoms with Gasteiger partial charge in [0.25, 0.3) is 11.5 Å². The SMILES string of the molecule is CCCCCN1C(=O)C(=Cc2c(C)c(C#N)c(=O)n(C)c2N2CCN(Cc3ccccc3)CC2)SC1=S. The molecule has 4 rings (SSSR count). The van der Waals surface area contributed by atoms with Gasteiger partial charge < -0.3 is 4.90 Å². The lowest BCUT2D eigenvalue weighted by Gasteiger charge is -2.37. The van der Waals surface area contributed by atoms with Crippen LogP contribution in [0.3, 0.4) is 0 Å². The predicted molar refractivity (Wildman–Crippen MR) is 154 cm³/mol. The first-order valence-electron chi connectivity index (χ1n) is 12.8. The van der Waals surface area contributed by atoms with E-state index in [1.54, 1.807) is 23.4 Å². The Morgan fingerprint density at radius 3 is 2.46 bits per heavy atom. The van der Waals surface area contributed by atoms with Gasteiger partial charge in [-0.15, -0.1) is 0 Å². The van der Waals surface area contributed by atoms with Crippen LogP contribution in [-0.4, -0.2) is 57.3 Å². The van der Waals surface area contributed by atoms with Crippen LogP contribution in [0.1, 0.15) is 48.4 Å². The molecule has 0 N–H and O–H groups in total. The number of hydrogen-bond donors (Lipinski definition) is 0. The van der Waals surface area contributed by atoms with Crippen LogP contribution >= 0.6 is 24.0 Å². The predicted octanol–water partition coefficient (Wildman–Crippen LogP) is 4.28. The monoisotopic (exact) mass is 535 g/mol. The summed E-state index contributed by atoms with van der Waals surface area (Å²) in [5, 5.41) is 9.74. The Balaban J connectivity index is 1.64. The van der Waals surface area contributed by atoms with Crippen molar-refractivity contribution >= 4 is 46.1 Å². The number of rotatable bonds is 8. The number of carbonyl (C=O) groups is 1. The highest BCUT2D eigenvalue weighted by atomic mass is 32.2. The Labute approximate surface area is 228 Å². The van der Waals surface area contributed by atoms with E-state index in [2.05, 4.69) is 47.1 Å². The molecule has 194 valence electrons. The maximum absolute atomic E-state index is 13.2. The third kappa shape index (κ3) is 5.82. The molecule has 0 saturated carbocycles. The summed E-state index contributed by atoms with van der Waals surface area (Å²) in [5.41, 5.74) is 2.41. The van der Waals surface area contributed by atoms with Gasteiger partial charge in [0.1, 0.15) is 21.8 Å². The number of aromatic nitrogens is 1. The third-order valence-electron chi connectivity index (χ3n) is 7.02. The van der Waals surface area contributed by atoms with Gasteiger partial charge in [0.2, 0.25) is 0 Å². The van der Waals surface area contributed by atoms with E-state index in [1.165, 1.54) is 17.3 Å². The van der Waals surface area contributed by atoms with E-state index in [0.29, 0.717) is 21.3 Å². The molecule has 7 nitrogen and oxygen atoms in total. The number of unbranched alkanes of at least 4 members (excludes halogenated alkanes) is 2. The molecule has 0 spiro atoms. The number of pyridine rings is 1. The summed E-state index contributed by atoms with van der Waals surface area (Å²) in [6, 6.07) is 12.5. The lowest BCUT2D eigenvalue weighted by atomic mass is 10.0. The van der Waals surface area contributed by atoms with E-state index in [9.17, 15) is 14.9 Å². The Morgan fingerprint density at radius 1 is 1.11 bits per heavy atom. The number of thioether (sulfide) groups is 1. The molecule has 2 saturated heterocycles. The molecule has 3 heterocycles. The quantitative estimate of drug-likeness (QED) is 0.284. The first-order valence-corrected chi connectivity index (χ1v) is 14.0. The molecule has 0 unspecified atom stereocenters. The van der Waals surface area contributed by atoms with Gasteiger partial charge in [-0.05, 0) is 30.5 Å². The zero-order valence-electron chi connectivity index (χ0n) is 21.7. The summed E-state index contributed by atoms with van der Waals surface area (Å²) in [6.45, 7) is 8.59. The highest BCUT2D eigenvalue weighted by Crippen LogP contribution is 2.36. The van der Waals surface area contributed by atoms with Crippen molar-refractivity contribution in [3.63, 3.8) is 0 Å². The van der Waals surface area contributed by atoms with Gasteiger partial charge in [0.05, 0.1) is 4.91 Å².